The molecule has 1 aliphatic heterocycles. The molecule has 0 bridgehead atoms. The normalized spacial score (nSPS) is 16.9. The Balaban J connectivity index is 1.70. The Morgan fingerprint density at radius 3 is 2.95 bits per heavy atom. The van der Waals surface area contributed by atoms with E-state index in [4.69, 9.17) is 17.0 Å². The van der Waals surface area contributed by atoms with E-state index < -0.39 is 0 Å². The topological polar surface area (TPSA) is 29.9 Å². The summed E-state index contributed by atoms with van der Waals surface area (Å²) in [6.45, 7) is 2.89. The van der Waals surface area contributed by atoms with Gasteiger partial charge >= 0.3 is 0 Å². The second-order valence-corrected chi connectivity index (χ2v) is 5.95. The van der Waals surface area contributed by atoms with E-state index in [-0.39, 0.29) is 6.10 Å². The third-order valence-corrected chi connectivity index (χ3v) is 4.42. The quantitative estimate of drug-likeness (QED) is 0.724. The highest BCUT2D eigenvalue weighted by Crippen LogP contribution is 2.29. The van der Waals surface area contributed by atoms with Crippen molar-refractivity contribution >= 4 is 23.3 Å². The molecule has 1 atom stereocenters. The minimum atomic E-state index is 0.146. The number of imidazole rings is 1. The molecule has 2 aromatic carbocycles. The lowest BCUT2D eigenvalue weighted by atomic mass is 10.1. The molecule has 106 valence electrons. The Labute approximate surface area is 128 Å². The molecule has 4 heteroatoms. The van der Waals surface area contributed by atoms with Crippen LogP contribution in [-0.2, 0) is 13.0 Å². The Kier molecular flexibility index (Phi) is 2.86. The molecule has 1 aromatic heterocycles. The van der Waals surface area contributed by atoms with Gasteiger partial charge in [-0.3, -0.25) is 0 Å². The number of aromatic amines is 1. The Morgan fingerprint density at radius 1 is 1.24 bits per heavy atom. The average Bonchev–Trinajstić information content (AvgIpc) is 3.01. The van der Waals surface area contributed by atoms with Gasteiger partial charge in [0.05, 0.1) is 17.6 Å². The highest BCUT2D eigenvalue weighted by molar-refractivity contribution is 7.71. The summed E-state index contributed by atoms with van der Waals surface area (Å²) in [5, 5.41) is 0. The minimum Gasteiger partial charge on any atom is -0.488 e. The van der Waals surface area contributed by atoms with Crippen LogP contribution in [0.5, 0.6) is 5.75 Å². The first kappa shape index (κ1) is 12.7. The Bertz CT molecular complexity index is 853. The number of hydrogen-bond donors (Lipinski definition) is 1. The fourth-order valence-corrected chi connectivity index (χ4v) is 3.41. The number of nitrogens with zero attached hydrogens (tertiary/aromatic N) is 1. The summed E-state index contributed by atoms with van der Waals surface area (Å²) in [4.78, 5) is 3.29. The maximum Gasteiger partial charge on any atom is 0.178 e. The van der Waals surface area contributed by atoms with E-state index in [1.807, 2.05) is 12.1 Å². The predicted molar refractivity (Wildman–Crippen MR) is 86.4 cm³/mol. The molecule has 0 amide bonds. The van der Waals surface area contributed by atoms with Gasteiger partial charge in [0.15, 0.2) is 4.77 Å². The number of para-hydroxylation sites is 2. The number of rotatable bonds is 2. The summed E-state index contributed by atoms with van der Waals surface area (Å²) in [6.07, 6.45) is 1.09. The Hall–Kier alpha value is -2.07. The van der Waals surface area contributed by atoms with E-state index >= 15 is 0 Å². The van der Waals surface area contributed by atoms with Crippen LogP contribution in [-0.4, -0.2) is 15.7 Å². The fraction of sp³-hybridized carbons (Fsp3) is 0.235. The van der Waals surface area contributed by atoms with Crippen molar-refractivity contribution in [1.82, 2.24) is 9.55 Å². The third kappa shape index (κ3) is 2.07. The lowest BCUT2D eigenvalue weighted by Crippen LogP contribution is -2.21. The van der Waals surface area contributed by atoms with Gasteiger partial charge in [-0.05, 0) is 42.4 Å². The number of nitrogens with one attached hydrogen (secondary N) is 1. The van der Waals surface area contributed by atoms with Gasteiger partial charge in [-0.15, -0.1) is 0 Å². The molecule has 3 nitrogen and oxygen atoms in total. The van der Waals surface area contributed by atoms with Gasteiger partial charge in [0, 0.05) is 6.42 Å². The predicted octanol–water partition coefficient (Wildman–Crippen LogP) is 4.01. The summed E-state index contributed by atoms with van der Waals surface area (Å²) >= 11 is 5.49. The summed E-state index contributed by atoms with van der Waals surface area (Å²) in [7, 11) is 0. The zero-order valence-electron chi connectivity index (χ0n) is 11.8. The molecular weight excluding hydrogens is 280 g/mol. The molecule has 1 N–H and O–H groups in total. The summed E-state index contributed by atoms with van der Waals surface area (Å²) in [5.74, 6) is 1.01. The van der Waals surface area contributed by atoms with E-state index in [0.717, 1.165) is 29.0 Å². The maximum absolute atomic E-state index is 6.04. The molecule has 1 unspecified atom stereocenters. The number of benzene rings is 2. The maximum atomic E-state index is 6.04. The summed E-state index contributed by atoms with van der Waals surface area (Å²) in [5.41, 5.74) is 4.79. The number of aryl methyl sites for hydroxylation is 1. The van der Waals surface area contributed by atoms with Gasteiger partial charge in [-0.2, -0.15) is 0 Å². The first-order valence-corrected chi connectivity index (χ1v) is 7.56. The second-order valence-electron chi connectivity index (χ2n) is 5.56. The second kappa shape index (κ2) is 4.74. The number of hydrogen-bond acceptors (Lipinski definition) is 2. The SMILES string of the molecule is Cc1cccc2[nH]c(=S)n(CC3Cc4ccccc4O3)c12. The van der Waals surface area contributed by atoms with Crippen molar-refractivity contribution in [3.63, 3.8) is 0 Å². The molecule has 1 aliphatic rings. The van der Waals surface area contributed by atoms with Crippen molar-refractivity contribution < 1.29 is 4.74 Å². The monoisotopic (exact) mass is 296 g/mol. The molecule has 4 rings (SSSR count). The van der Waals surface area contributed by atoms with Gasteiger partial charge in [0.1, 0.15) is 11.9 Å². The third-order valence-electron chi connectivity index (χ3n) is 4.09. The molecule has 21 heavy (non-hydrogen) atoms. The number of H-pyrrole nitrogens is 1. The van der Waals surface area contributed by atoms with Gasteiger partial charge < -0.3 is 14.3 Å². The van der Waals surface area contributed by atoms with Crippen LogP contribution in [0.15, 0.2) is 42.5 Å². The minimum absolute atomic E-state index is 0.146. The van der Waals surface area contributed by atoms with E-state index in [1.165, 1.54) is 16.6 Å². The standard InChI is InChI=1S/C17H16N2OS/c1-11-5-4-7-14-16(11)19(17(21)18-14)10-13-9-12-6-2-3-8-15(12)20-13/h2-8,13H,9-10H2,1H3,(H,18,21). The first-order chi connectivity index (χ1) is 10.2. The van der Waals surface area contributed by atoms with Crippen LogP contribution in [0.25, 0.3) is 11.0 Å². The van der Waals surface area contributed by atoms with Crippen LogP contribution in [0.1, 0.15) is 11.1 Å². The van der Waals surface area contributed by atoms with Crippen LogP contribution in [0, 0.1) is 11.7 Å². The molecule has 3 aromatic rings. The first-order valence-electron chi connectivity index (χ1n) is 7.15. The van der Waals surface area contributed by atoms with Crippen molar-refractivity contribution in [2.24, 2.45) is 0 Å². The molecule has 2 heterocycles. The number of aromatic nitrogens is 2. The van der Waals surface area contributed by atoms with Gasteiger partial charge in [0.2, 0.25) is 0 Å². The molecular formula is C17H16N2OS. The lowest BCUT2D eigenvalue weighted by Gasteiger charge is -2.13. The molecule has 0 saturated carbocycles. The molecule has 0 spiro atoms. The largest absolute Gasteiger partial charge is 0.488 e. The van der Waals surface area contributed by atoms with Gasteiger partial charge in [-0.1, -0.05) is 30.3 Å². The number of ether oxygens (including phenoxy) is 1. The van der Waals surface area contributed by atoms with Crippen LogP contribution in [0.2, 0.25) is 0 Å². The summed E-state index contributed by atoms with van der Waals surface area (Å²) in [6, 6.07) is 14.5. The van der Waals surface area contributed by atoms with Crippen LogP contribution >= 0.6 is 12.2 Å². The van der Waals surface area contributed by atoms with Crippen molar-refractivity contribution in [3.8, 4) is 5.75 Å². The summed E-state index contributed by atoms with van der Waals surface area (Å²) < 4.78 is 8.97. The molecule has 0 aliphatic carbocycles. The van der Waals surface area contributed by atoms with Crippen molar-refractivity contribution in [1.29, 1.82) is 0 Å². The smallest absolute Gasteiger partial charge is 0.178 e. The fourth-order valence-electron chi connectivity index (χ4n) is 3.14. The van der Waals surface area contributed by atoms with Crippen LogP contribution in [0.3, 0.4) is 0 Å². The van der Waals surface area contributed by atoms with E-state index in [9.17, 15) is 0 Å². The zero-order chi connectivity index (χ0) is 14.4. The van der Waals surface area contributed by atoms with Gasteiger partial charge in [0.25, 0.3) is 0 Å². The van der Waals surface area contributed by atoms with E-state index in [1.54, 1.807) is 0 Å². The molecule has 0 fully saturated rings. The van der Waals surface area contributed by atoms with Crippen LogP contribution < -0.4 is 4.74 Å². The lowest BCUT2D eigenvalue weighted by molar-refractivity contribution is 0.210. The van der Waals surface area contributed by atoms with E-state index in [2.05, 4.69) is 46.8 Å². The highest BCUT2D eigenvalue weighted by Gasteiger charge is 2.23. The van der Waals surface area contributed by atoms with Gasteiger partial charge in [-0.25, -0.2) is 0 Å². The Morgan fingerprint density at radius 2 is 2.10 bits per heavy atom. The van der Waals surface area contributed by atoms with E-state index in [0.29, 0.717) is 0 Å². The van der Waals surface area contributed by atoms with Crippen molar-refractivity contribution in [2.75, 3.05) is 0 Å². The zero-order valence-corrected chi connectivity index (χ0v) is 12.6. The van der Waals surface area contributed by atoms with Crippen molar-refractivity contribution in [3.05, 3.63) is 58.4 Å². The number of fused-ring (bicyclic) bond motifs is 2. The van der Waals surface area contributed by atoms with Crippen molar-refractivity contribution in [2.45, 2.75) is 26.0 Å². The van der Waals surface area contributed by atoms with Crippen LogP contribution in [0.4, 0.5) is 0 Å². The molecule has 0 radical (unpaired) electrons. The highest BCUT2D eigenvalue weighted by atomic mass is 32.1. The average molecular weight is 296 g/mol. The molecule has 0 saturated heterocycles.